The Hall–Kier alpha value is -0.700. The summed E-state index contributed by atoms with van der Waals surface area (Å²) in [5.41, 5.74) is 0.526. The minimum Gasteiger partial charge on any atom is -0.283 e. The van der Waals surface area contributed by atoms with Gasteiger partial charge in [-0.1, -0.05) is 19.8 Å². The fourth-order valence-electron chi connectivity index (χ4n) is 1.25. The Balaban J connectivity index is 2.58. The van der Waals surface area contributed by atoms with Gasteiger partial charge < -0.3 is 0 Å². The topological polar surface area (TPSA) is 30.0 Å². The molecule has 1 aromatic heterocycles. The SMILES string of the molecule is CCCCCc1sc(C)nc1[C]=O. The molecule has 0 aliphatic carbocycles. The molecule has 1 heterocycles. The fraction of sp³-hybridized carbons (Fsp3) is 0.600. The van der Waals surface area contributed by atoms with Gasteiger partial charge in [-0.25, -0.2) is 4.98 Å². The zero-order valence-electron chi connectivity index (χ0n) is 8.09. The predicted molar refractivity (Wildman–Crippen MR) is 54.9 cm³/mol. The van der Waals surface area contributed by atoms with Gasteiger partial charge in [-0.3, -0.25) is 4.79 Å². The molecule has 0 atom stereocenters. The van der Waals surface area contributed by atoms with Gasteiger partial charge in [0.05, 0.1) is 5.01 Å². The first-order valence-corrected chi connectivity index (χ1v) is 5.44. The Kier molecular flexibility index (Phi) is 4.09. The average Bonchev–Trinajstić information content (AvgIpc) is 2.47. The molecular formula is C10H14NOS. The van der Waals surface area contributed by atoms with Crippen LogP contribution in [0.15, 0.2) is 0 Å². The van der Waals surface area contributed by atoms with Crippen LogP contribution in [0.4, 0.5) is 0 Å². The smallest absolute Gasteiger partial charge is 0.254 e. The molecule has 13 heavy (non-hydrogen) atoms. The summed E-state index contributed by atoms with van der Waals surface area (Å²) >= 11 is 1.62. The highest BCUT2D eigenvalue weighted by molar-refractivity contribution is 7.11. The minimum absolute atomic E-state index is 0.526. The van der Waals surface area contributed by atoms with E-state index in [9.17, 15) is 4.79 Å². The number of hydrogen-bond donors (Lipinski definition) is 0. The lowest BCUT2D eigenvalue weighted by Gasteiger charge is -1.95. The molecule has 1 rings (SSSR count). The Labute approximate surface area is 83.0 Å². The van der Waals surface area contributed by atoms with Crippen molar-refractivity contribution in [3.8, 4) is 0 Å². The van der Waals surface area contributed by atoms with Crippen molar-refractivity contribution in [1.29, 1.82) is 0 Å². The standard InChI is InChI=1S/C10H14NOS/c1-3-4-5-6-10-9(7-12)11-8(2)13-10/h3-6H2,1-2H3. The molecule has 0 bridgehead atoms. The molecule has 0 aliphatic rings. The second kappa shape index (κ2) is 5.12. The predicted octanol–water partition coefficient (Wildman–Crippen LogP) is 2.64. The first kappa shape index (κ1) is 10.4. The zero-order chi connectivity index (χ0) is 9.68. The largest absolute Gasteiger partial charge is 0.283 e. The molecule has 0 saturated heterocycles. The van der Waals surface area contributed by atoms with Crippen molar-refractivity contribution in [3.05, 3.63) is 15.6 Å². The van der Waals surface area contributed by atoms with E-state index in [0.29, 0.717) is 5.69 Å². The van der Waals surface area contributed by atoms with Crippen LogP contribution in [0.25, 0.3) is 0 Å². The van der Waals surface area contributed by atoms with Gasteiger partial charge >= 0.3 is 0 Å². The average molecular weight is 196 g/mol. The Morgan fingerprint density at radius 2 is 2.23 bits per heavy atom. The molecule has 2 nitrogen and oxygen atoms in total. The first-order valence-electron chi connectivity index (χ1n) is 4.62. The molecule has 0 N–H and O–H groups in total. The van der Waals surface area contributed by atoms with Crippen molar-refractivity contribution in [3.63, 3.8) is 0 Å². The molecule has 71 valence electrons. The quantitative estimate of drug-likeness (QED) is 0.678. The van der Waals surface area contributed by atoms with Crippen LogP contribution >= 0.6 is 11.3 Å². The molecule has 1 aromatic rings. The fourth-order valence-corrected chi connectivity index (χ4v) is 2.18. The molecular weight excluding hydrogens is 182 g/mol. The van der Waals surface area contributed by atoms with E-state index in [4.69, 9.17) is 0 Å². The van der Waals surface area contributed by atoms with Gasteiger partial charge in [0.15, 0.2) is 0 Å². The molecule has 0 amide bonds. The van der Waals surface area contributed by atoms with Gasteiger partial charge in [-0.05, 0) is 19.8 Å². The molecule has 0 saturated carbocycles. The van der Waals surface area contributed by atoms with Crippen molar-refractivity contribution in [2.24, 2.45) is 0 Å². The lowest BCUT2D eigenvalue weighted by molar-refractivity contribution is 0.561. The summed E-state index contributed by atoms with van der Waals surface area (Å²) in [6.07, 6.45) is 6.44. The summed E-state index contributed by atoms with van der Waals surface area (Å²) in [6.45, 7) is 4.10. The van der Waals surface area contributed by atoms with E-state index in [0.717, 1.165) is 22.7 Å². The molecule has 0 aliphatic heterocycles. The van der Waals surface area contributed by atoms with Crippen LogP contribution in [0.1, 0.15) is 41.8 Å². The van der Waals surface area contributed by atoms with Crippen LogP contribution in [-0.2, 0) is 11.2 Å². The number of aromatic nitrogens is 1. The van der Waals surface area contributed by atoms with Gasteiger partial charge in [0.2, 0.25) is 0 Å². The van der Waals surface area contributed by atoms with Gasteiger partial charge in [-0.15, -0.1) is 11.3 Å². The van der Waals surface area contributed by atoms with E-state index < -0.39 is 0 Å². The highest BCUT2D eigenvalue weighted by Crippen LogP contribution is 2.18. The van der Waals surface area contributed by atoms with Gasteiger partial charge in [0.1, 0.15) is 5.69 Å². The molecule has 0 aromatic carbocycles. The van der Waals surface area contributed by atoms with E-state index in [-0.39, 0.29) is 0 Å². The van der Waals surface area contributed by atoms with Gasteiger partial charge in [0.25, 0.3) is 6.29 Å². The number of thiazole rings is 1. The van der Waals surface area contributed by atoms with Crippen LogP contribution < -0.4 is 0 Å². The number of carbonyl (C=O) groups excluding carboxylic acids is 1. The molecule has 0 spiro atoms. The van der Waals surface area contributed by atoms with Crippen LogP contribution in [0.5, 0.6) is 0 Å². The van der Waals surface area contributed by atoms with Crippen molar-refractivity contribution >= 4 is 17.6 Å². The lowest BCUT2D eigenvalue weighted by atomic mass is 10.2. The van der Waals surface area contributed by atoms with E-state index in [1.165, 1.54) is 12.8 Å². The second-order valence-corrected chi connectivity index (χ2v) is 4.35. The van der Waals surface area contributed by atoms with Crippen molar-refractivity contribution < 1.29 is 4.79 Å². The van der Waals surface area contributed by atoms with Crippen LogP contribution in [0, 0.1) is 6.92 Å². The van der Waals surface area contributed by atoms with E-state index in [1.807, 2.05) is 13.2 Å². The van der Waals surface area contributed by atoms with Crippen molar-refractivity contribution in [1.82, 2.24) is 4.98 Å². The van der Waals surface area contributed by atoms with Crippen LogP contribution in [-0.4, -0.2) is 11.3 Å². The highest BCUT2D eigenvalue weighted by atomic mass is 32.1. The summed E-state index contributed by atoms with van der Waals surface area (Å²) in [4.78, 5) is 15.7. The number of nitrogens with zero attached hydrogens (tertiary/aromatic N) is 1. The third-order valence-corrected chi connectivity index (χ3v) is 2.94. The maximum Gasteiger partial charge on any atom is 0.254 e. The Morgan fingerprint density at radius 1 is 1.46 bits per heavy atom. The summed E-state index contributed by atoms with van der Waals surface area (Å²) in [7, 11) is 0. The Morgan fingerprint density at radius 3 is 2.85 bits per heavy atom. The number of rotatable bonds is 5. The second-order valence-electron chi connectivity index (χ2n) is 3.06. The zero-order valence-corrected chi connectivity index (χ0v) is 8.91. The Bertz CT molecular complexity index is 280. The van der Waals surface area contributed by atoms with Crippen molar-refractivity contribution in [2.45, 2.75) is 39.5 Å². The van der Waals surface area contributed by atoms with Crippen LogP contribution in [0.3, 0.4) is 0 Å². The maximum atomic E-state index is 10.5. The summed E-state index contributed by atoms with van der Waals surface area (Å²) in [6, 6.07) is 0. The number of unbranched alkanes of at least 4 members (excludes halogenated alkanes) is 2. The summed E-state index contributed by atoms with van der Waals surface area (Å²) in [5.74, 6) is 0. The monoisotopic (exact) mass is 196 g/mol. The maximum absolute atomic E-state index is 10.5. The van der Waals surface area contributed by atoms with Crippen molar-refractivity contribution in [2.75, 3.05) is 0 Å². The van der Waals surface area contributed by atoms with Gasteiger partial charge in [-0.2, -0.15) is 0 Å². The van der Waals surface area contributed by atoms with E-state index in [2.05, 4.69) is 11.9 Å². The molecule has 3 heteroatoms. The molecule has 0 unspecified atom stereocenters. The van der Waals surface area contributed by atoms with E-state index in [1.54, 1.807) is 11.3 Å². The minimum atomic E-state index is 0.526. The first-order chi connectivity index (χ1) is 6.27. The third-order valence-electron chi connectivity index (χ3n) is 1.91. The highest BCUT2D eigenvalue weighted by Gasteiger charge is 2.07. The summed E-state index contributed by atoms with van der Waals surface area (Å²) in [5, 5.41) is 0.963. The lowest BCUT2D eigenvalue weighted by Crippen LogP contribution is -1.89. The third kappa shape index (κ3) is 2.92. The summed E-state index contributed by atoms with van der Waals surface area (Å²) < 4.78 is 0. The van der Waals surface area contributed by atoms with E-state index >= 15 is 0 Å². The van der Waals surface area contributed by atoms with Gasteiger partial charge in [0, 0.05) is 4.88 Å². The molecule has 0 fully saturated rings. The normalized spacial score (nSPS) is 10.3. The number of aryl methyl sites for hydroxylation is 2. The van der Waals surface area contributed by atoms with Crippen LogP contribution in [0.2, 0.25) is 0 Å². The number of hydrogen-bond acceptors (Lipinski definition) is 3. The molecule has 1 radical (unpaired) electrons.